The number of hydrogen-bond acceptors (Lipinski definition) is 3. The molecule has 3 N–H and O–H groups in total. The number of H-pyrrole nitrogens is 1. The van der Waals surface area contributed by atoms with Crippen LogP contribution in [0.25, 0.3) is 11.1 Å². The largest absolute Gasteiger partial charge is 0.384 e. The molecule has 3 nitrogen and oxygen atoms in total. The van der Waals surface area contributed by atoms with Gasteiger partial charge in [-0.15, -0.1) is 11.8 Å². The van der Waals surface area contributed by atoms with E-state index in [0.29, 0.717) is 5.82 Å². The second-order valence-electron chi connectivity index (χ2n) is 4.16. The van der Waals surface area contributed by atoms with Crippen molar-refractivity contribution in [3.05, 3.63) is 28.9 Å². The van der Waals surface area contributed by atoms with Gasteiger partial charge >= 0.3 is 0 Å². The normalized spacial score (nSPS) is 15.1. The summed E-state index contributed by atoms with van der Waals surface area (Å²) in [7, 11) is 0. The van der Waals surface area contributed by atoms with E-state index in [9.17, 15) is 0 Å². The Morgan fingerprint density at radius 3 is 2.82 bits per heavy atom. The zero-order chi connectivity index (χ0) is 11.8. The van der Waals surface area contributed by atoms with Crippen LogP contribution in [0.5, 0.6) is 0 Å². The zero-order valence-corrected chi connectivity index (χ0v) is 11.5. The smallest absolute Gasteiger partial charge is 0.126 e. The standard InChI is InChI=1S/C12H12BrN3S/c13-10-5-7(9-6-15-16-12(9)14)1-4-11(10)17-8-2-3-8/h1,4-6,8H,2-3H2,(H3,14,15,16). The van der Waals surface area contributed by atoms with Crippen LogP contribution in [0.1, 0.15) is 12.8 Å². The summed E-state index contributed by atoms with van der Waals surface area (Å²) in [6.45, 7) is 0. The molecule has 1 heterocycles. The minimum atomic E-state index is 0.611. The van der Waals surface area contributed by atoms with Gasteiger partial charge in [0.05, 0.1) is 6.20 Å². The first-order valence-electron chi connectivity index (χ1n) is 5.49. The Kier molecular flexibility index (Phi) is 2.88. The molecule has 0 saturated heterocycles. The number of thioether (sulfide) groups is 1. The van der Waals surface area contributed by atoms with Crippen LogP contribution in [0.4, 0.5) is 5.82 Å². The fourth-order valence-electron chi connectivity index (χ4n) is 1.66. The van der Waals surface area contributed by atoms with Crippen molar-refractivity contribution in [3.8, 4) is 11.1 Å². The Bertz CT molecular complexity index is 548. The van der Waals surface area contributed by atoms with Crippen molar-refractivity contribution in [3.63, 3.8) is 0 Å². The number of anilines is 1. The van der Waals surface area contributed by atoms with Gasteiger partial charge < -0.3 is 5.73 Å². The van der Waals surface area contributed by atoms with Crippen LogP contribution in [0.15, 0.2) is 33.8 Å². The third-order valence-corrected chi connectivity index (χ3v) is 5.06. The molecular formula is C12H12BrN3S. The zero-order valence-electron chi connectivity index (χ0n) is 9.11. The SMILES string of the molecule is Nc1[nH]ncc1-c1ccc(SC2CC2)c(Br)c1. The number of rotatable bonds is 3. The second-order valence-corrected chi connectivity index (χ2v) is 6.36. The lowest BCUT2D eigenvalue weighted by Crippen LogP contribution is -1.88. The number of aromatic nitrogens is 2. The summed E-state index contributed by atoms with van der Waals surface area (Å²) in [6, 6.07) is 6.34. The van der Waals surface area contributed by atoms with Crippen molar-refractivity contribution >= 4 is 33.5 Å². The number of aromatic amines is 1. The van der Waals surface area contributed by atoms with Gasteiger partial charge in [-0.3, -0.25) is 5.10 Å². The predicted molar refractivity (Wildman–Crippen MR) is 75.0 cm³/mol. The van der Waals surface area contributed by atoms with E-state index in [-0.39, 0.29) is 0 Å². The number of halogens is 1. The van der Waals surface area contributed by atoms with Gasteiger partial charge in [-0.05, 0) is 46.5 Å². The van der Waals surface area contributed by atoms with E-state index in [1.807, 2.05) is 11.8 Å². The first kappa shape index (κ1) is 11.2. The summed E-state index contributed by atoms with van der Waals surface area (Å²) in [4.78, 5) is 1.30. The fraction of sp³-hybridized carbons (Fsp3) is 0.250. The molecule has 0 bridgehead atoms. The topological polar surface area (TPSA) is 54.7 Å². The van der Waals surface area contributed by atoms with Gasteiger partial charge in [0.2, 0.25) is 0 Å². The monoisotopic (exact) mass is 309 g/mol. The van der Waals surface area contributed by atoms with Crippen LogP contribution in [0.2, 0.25) is 0 Å². The van der Waals surface area contributed by atoms with Gasteiger partial charge in [0.15, 0.2) is 0 Å². The molecule has 0 amide bonds. The van der Waals surface area contributed by atoms with E-state index < -0.39 is 0 Å². The molecule has 1 aliphatic carbocycles. The van der Waals surface area contributed by atoms with Crippen LogP contribution in [0.3, 0.4) is 0 Å². The highest BCUT2D eigenvalue weighted by Gasteiger charge is 2.23. The average molecular weight is 310 g/mol. The van der Waals surface area contributed by atoms with Crippen LogP contribution in [-0.4, -0.2) is 15.4 Å². The summed E-state index contributed by atoms with van der Waals surface area (Å²) in [5, 5.41) is 7.50. The lowest BCUT2D eigenvalue weighted by atomic mass is 10.1. The number of benzene rings is 1. The van der Waals surface area contributed by atoms with Gasteiger partial charge in [-0.2, -0.15) is 5.10 Å². The molecule has 1 aromatic heterocycles. The highest BCUT2D eigenvalue weighted by atomic mass is 79.9. The molecule has 0 unspecified atom stereocenters. The van der Waals surface area contributed by atoms with Crippen molar-refractivity contribution in [2.75, 3.05) is 5.73 Å². The van der Waals surface area contributed by atoms with Gasteiger partial charge in [0, 0.05) is 20.2 Å². The summed E-state index contributed by atoms with van der Waals surface area (Å²) >= 11 is 5.57. The molecule has 17 heavy (non-hydrogen) atoms. The van der Waals surface area contributed by atoms with Gasteiger partial charge in [0.1, 0.15) is 5.82 Å². The Labute approximate surface area is 112 Å². The van der Waals surface area contributed by atoms with E-state index in [1.165, 1.54) is 17.7 Å². The first-order chi connectivity index (χ1) is 8.24. The molecule has 2 aromatic rings. The maximum Gasteiger partial charge on any atom is 0.126 e. The van der Waals surface area contributed by atoms with Crippen molar-refractivity contribution in [2.45, 2.75) is 23.0 Å². The molecule has 1 saturated carbocycles. The molecular weight excluding hydrogens is 298 g/mol. The second kappa shape index (κ2) is 4.38. The Morgan fingerprint density at radius 1 is 1.41 bits per heavy atom. The third kappa shape index (κ3) is 2.35. The number of nitrogens with zero attached hydrogens (tertiary/aromatic N) is 1. The van der Waals surface area contributed by atoms with Gasteiger partial charge in [-0.1, -0.05) is 6.07 Å². The minimum Gasteiger partial charge on any atom is -0.384 e. The fourth-order valence-corrected chi connectivity index (χ4v) is 3.36. The molecule has 0 aliphatic heterocycles. The number of nitrogens with two attached hydrogens (primary N) is 1. The highest BCUT2D eigenvalue weighted by Crippen LogP contribution is 2.42. The predicted octanol–water partition coefficient (Wildman–Crippen LogP) is 3.68. The van der Waals surface area contributed by atoms with Crippen molar-refractivity contribution in [1.82, 2.24) is 10.2 Å². The van der Waals surface area contributed by atoms with E-state index in [2.05, 4.69) is 44.3 Å². The Morgan fingerprint density at radius 2 is 2.24 bits per heavy atom. The van der Waals surface area contributed by atoms with Crippen molar-refractivity contribution < 1.29 is 0 Å². The third-order valence-electron chi connectivity index (χ3n) is 2.73. The van der Waals surface area contributed by atoms with E-state index in [1.54, 1.807) is 6.20 Å². The quantitative estimate of drug-likeness (QED) is 0.909. The lowest BCUT2D eigenvalue weighted by molar-refractivity contribution is 1.10. The van der Waals surface area contributed by atoms with Crippen LogP contribution in [-0.2, 0) is 0 Å². The van der Waals surface area contributed by atoms with Crippen molar-refractivity contribution in [2.24, 2.45) is 0 Å². The maximum absolute atomic E-state index is 5.81. The van der Waals surface area contributed by atoms with Crippen LogP contribution >= 0.6 is 27.7 Å². The number of nitrogen functional groups attached to an aromatic ring is 1. The summed E-state index contributed by atoms with van der Waals surface area (Å²) in [5.41, 5.74) is 7.85. The maximum atomic E-state index is 5.81. The molecule has 1 aliphatic rings. The molecule has 5 heteroatoms. The summed E-state index contributed by atoms with van der Waals surface area (Å²) in [5.74, 6) is 0.611. The average Bonchev–Trinajstić information content (AvgIpc) is 3.02. The Hall–Kier alpha value is -0.940. The van der Waals surface area contributed by atoms with Gasteiger partial charge in [-0.25, -0.2) is 0 Å². The molecule has 3 rings (SSSR count). The molecule has 0 spiro atoms. The van der Waals surface area contributed by atoms with E-state index >= 15 is 0 Å². The van der Waals surface area contributed by atoms with E-state index in [4.69, 9.17) is 5.73 Å². The van der Waals surface area contributed by atoms with Crippen LogP contribution in [0, 0.1) is 0 Å². The molecule has 1 aromatic carbocycles. The van der Waals surface area contributed by atoms with Crippen molar-refractivity contribution in [1.29, 1.82) is 0 Å². The van der Waals surface area contributed by atoms with Gasteiger partial charge in [0.25, 0.3) is 0 Å². The summed E-state index contributed by atoms with van der Waals surface area (Å²) < 4.78 is 1.13. The number of nitrogens with one attached hydrogen (secondary N) is 1. The van der Waals surface area contributed by atoms with Crippen LogP contribution < -0.4 is 5.73 Å². The minimum absolute atomic E-state index is 0.611. The highest BCUT2D eigenvalue weighted by molar-refractivity contribution is 9.10. The molecule has 0 atom stereocenters. The summed E-state index contributed by atoms with van der Waals surface area (Å²) in [6.07, 6.45) is 4.44. The first-order valence-corrected chi connectivity index (χ1v) is 7.17. The van der Waals surface area contributed by atoms with E-state index in [0.717, 1.165) is 20.8 Å². The Balaban J connectivity index is 1.92. The molecule has 1 fully saturated rings. The molecule has 0 radical (unpaired) electrons. The lowest BCUT2D eigenvalue weighted by Gasteiger charge is -2.06. The number of hydrogen-bond donors (Lipinski definition) is 2. The molecule has 88 valence electrons.